The van der Waals surface area contributed by atoms with Crippen LogP contribution in [0.2, 0.25) is 0 Å². The molecule has 0 spiro atoms. The highest BCUT2D eigenvalue weighted by Gasteiger charge is 2.12. The van der Waals surface area contributed by atoms with E-state index in [-0.39, 0.29) is 0 Å². The average molecular weight is 172 g/mol. The summed E-state index contributed by atoms with van der Waals surface area (Å²) in [6.45, 7) is 8.62. The molecule has 0 aromatic rings. The molecule has 3 nitrogen and oxygen atoms in total. The van der Waals surface area contributed by atoms with Gasteiger partial charge in [0.15, 0.2) is 0 Å². The van der Waals surface area contributed by atoms with Crippen LogP contribution in [0.3, 0.4) is 0 Å². The number of ether oxygens (including phenoxy) is 1. The van der Waals surface area contributed by atoms with Gasteiger partial charge in [-0.05, 0) is 19.5 Å². The number of rotatable bonds is 4. The molecule has 0 amide bonds. The molecule has 1 aliphatic rings. The minimum atomic E-state index is 0.744. The molecule has 3 heteroatoms. The van der Waals surface area contributed by atoms with Crippen molar-refractivity contribution in [1.82, 2.24) is 10.2 Å². The third-order valence-corrected chi connectivity index (χ3v) is 2.23. The van der Waals surface area contributed by atoms with E-state index in [4.69, 9.17) is 4.74 Å². The molecule has 1 N–H and O–H groups in total. The number of nitrogens with one attached hydrogen (secondary N) is 1. The molecule has 1 fully saturated rings. The van der Waals surface area contributed by atoms with Crippen molar-refractivity contribution in [3.8, 4) is 0 Å². The fourth-order valence-electron chi connectivity index (χ4n) is 1.64. The second kappa shape index (κ2) is 5.51. The molecule has 0 saturated carbocycles. The van der Waals surface area contributed by atoms with Gasteiger partial charge < -0.3 is 10.1 Å². The van der Waals surface area contributed by atoms with Gasteiger partial charge in [0.25, 0.3) is 0 Å². The van der Waals surface area contributed by atoms with Gasteiger partial charge in [-0.2, -0.15) is 0 Å². The first-order valence-electron chi connectivity index (χ1n) is 4.77. The molecule has 0 radical (unpaired) electrons. The lowest BCUT2D eigenvalue weighted by Gasteiger charge is -2.28. The van der Waals surface area contributed by atoms with Gasteiger partial charge in [-0.25, -0.2) is 0 Å². The van der Waals surface area contributed by atoms with Crippen LogP contribution in [0.25, 0.3) is 0 Å². The zero-order valence-corrected chi connectivity index (χ0v) is 8.18. The molecule has 1 heterocycles. The van der Waals surface area contributed by atoms with Crippen molar-refractivity contribution in [2.24, 2.45) is 5.92 Å². The Kier molecular flexibility index (Phi) is 4.58. The van der Waals surface area contributed by atoms with Crippen LogP contribution in [-0.4, -0.2) is 51.3 Å². The molecule has 0 aliphatic carbocycles. The van der Waals surface area contributed by atoms with E-state index in [1.165, 1.54) is 6.54 Å². The van der Waals surface area contributed by atoms with Crippen molar-refractivity contribution in [3.63, 3.8) is 0 Å². The summed E-state index contributed by atoms with van der Waals surface area (Å²) in [6, 6.07) is 0. The van der Waals surface area contributed by atoms with Crippen LogP contribution in [-0.2, 0) is 4.74 Å². The molecule has 1 unspecified atom stereocenters. The van der Waals surface area contributed by atoms with Crippen LogP contribution >= 0.6 is 0 Å². The minimum absolute atomic E-state index is 0.744. The lowest BCUT2D eigenvalue weighted by molar-refractivity contribution is 0.0319. The Hall–Kier alpha value is -0.120. The van der Waals surface area contributed by atoms with E-state index in [2.05, 4.69) is 17.1 Å². The van der Waals surface area contributed by atoms with Crippen molar-refractivity contribution < 1.29 is 4.74 Å². The Morgan fingerprint density at radius 1 is 1.42 bits per heavy atom. The first-order chi connectivity index (χ1) is 5.83. The van der Waals surface area contributed by atoms with Gasteiger partial charge in [-0.3, -0.25) is 4.90 Å². The van der Waals surface area contributed by atoms with Crippen LogP contribution in [0.1, 0.15) is 6.92 Å². The predicted molar refractivity (Wildman–Crippen MR) is 50.3 cm³/mol. The van der Waals surface area contributed by atoms with Gasteiger partial charge in [0, 0.05) is 19.6 Å². The van der Waals surface area contributed by atoms with Crippen LogP contribution in [0, 0.1) is 5.92 Å². The Bertz CT molecular complexity index is 113. The van der Waals surface area contributed by atoms with Gasteiger partial charge >= 0.3 is 0 Å². The lowest BCUT2D eigenvalue weighted by atomic mass is 10.1. The third kappa shape index (κ3) is 3.52. The molecular weight excluding hydrogens is 152 g/mol. The summed E-state index contributed by atoms with van der Waals surface area (Å²) in [5.41, 5.74) is 0. The van der Waals surface area contributed by atoms with Crippen LogP contribution in [0.4, 0.5) is 0 Å². The highest BCUT2D eigenvalue weighted by molar-refractivity contribution is 4.66. The van der Waals surface area contributed by atoms with Crippen molar-refractivity contribution in [1.29, 1.82) is 0 Å². The highest BCUT2D eigenvalue weighted by atomic mass is 16.5. The SMILES string of the molecule is CNCC(C)CN1CCOCC1. The van der Waals surface area contributed by atoms with Gasteiger partial charge in [0.2, 0.25) is 0 Å². The minimum Gasteiger partial charge on any atom is -0.379 e. The van der Waals surface area contributed by atoms with E-state index in [0.29, 0.717) is 0 Å². The van der Waals surface area contributed by atoms with Crippen molar-refractivity contribution >= 4 is 0 Å². The number of hydrogen-bond donors (Lipinski definition) is 1. The van der Waals surface area contributed by atoms with E-state index >= 15 is 0 Å². The maximum atomic E-state index is 5.28. The largest absolute Gasteiger partial charge is 0.379 e. The van der Waals surface area contributed by atoms with Crippen molar-refractivity contribution in [2.45, 2.75) is 6.92 Å². The van der Waals surface area contributed by atoms with E-state index in [0.717, 1.165) is 38.8 Å². The van der Waals surface area contributed by atoms with Crippen molar-refractivity contribution in [2.75, 3.05) is 46.4 Å². The summed E-state index contributed by atoms with van der Waals surface area (Å²) >= 11 is 0. The first kappa shape index (κ1) is 9.96. The Morgan fingerprint density at radius 2 is 2.08 bits per heavy atom. The molecule has 1 rings (SSSR count). The quantitative estimate of drug-likeness (QED) is 0.654. The summed E-state index contributed by atoms with van der Waals surface area (Å²) < 4.78 is 5.28. The predicted octanol–water partition coefficient (Wildman–Crippen LogP) is 0.174. The summed E-state index contributed by atoms with van der Waals surface area (Å²) in [7, 11) is 2.01. The normalized spacial score (nSPS) is 22.5. The fourth-order valence-corrected chi connectivity index (χ4v) is 1.64. The molecule has 12 heavy (non-hydrogen) atoms. The van der Waals surface area contributed by atoms with Crippen LogP contribution in [0.15, 0.2) is 0 Å². The Balaban J connectivity index is 2.11. The average Bonchev–Trinajstić information content (AvgIpc) is 2.06. The molecule has 1 saturated heterocycles. The summed E-state index contributed by atoms with van der Waals surface area (Å²) in [5.74, 6) is 0.744. The molecule has 0 aromatic heterocycles. The second-order valence-electron chi connectivity index (χ2n) is 3.58. The molecule has 72 valence electrons. The van der Waals surface area contributed by atoms with Gasteiger partial charge in [0.05, 0.1) is 13.2 Å². The highest BCUT2D eigenvalue weighted by Crippen LogP contribution is 2.01. The summed E-state index contributed by atoms with van der Waals surface area (Å²) in [6.07, 6.45) is 0. The Morgan fingerprint density at radius 3 is 2.67 bits per heavy atom. The van der Waals surface area contributed by atoms with Gasteiger partial charge in [-0.15, -0.1) is 0 Å². The third-order valence-electron chi connectivity index (χ3n) is 2.23. The zero-order chi connectivity index (χ0) is 8.81. The Labute approximate surface area is 75.1 Å². The lowest BCUT2D eigenvalue weighted by Crippen LogP contribution is -2.40. The smallest absolute Gasteiger partial charge is 0.0594 e. The van der Waals surface area contributed by atoms with E-state index in [9.17, 15) is 0 Å². The topological polar surface area (TPSA) is 24.5 Å². The maximum Gasteiger partial charge on any atom is 0.0594 e. The van der Waals surface area contributed by atoms with Crippen molar-refractivity contribution in [3.05, 3.63) is 0 Å². The van der Waals surface area contributed by atoms with Gasteiger partial charge in [0.1, 0.15) is 0 Å². The van der Waals surface area contributed by atoms with Gasteiger partial charge in [-0.1, -0.05) is 6.92 Å². The number of nitrogens with zero attached hydrogens (tertiary/aromatic N) is 1. The number of morpholine rings is 1. The molecule has 0 aromatic carbocycles. The van der Waals surface area contributed by atoms with Crippen LogP contribution < -0.4 is 5.32 Å². The molecule has 0 bridgehead atoms. The van der Waals surface area contributed by atoms with E-state index in [1.54, 1.807) is 0 Å². The molecule has 1 atom stereocenters. The monoisotopic (exact) mass is 172 g/mol. The molecule has 1 aliphatic heterocycles. The van der Waals surface area contributed by atoms with E-state index in [1.807, 2.05) is 7.05 Å². The summed E-state index contributed by atoms with van der Waals surface area (Å²) in [4.78, 5) is 2.48. The van der Waals surface area contributed by atoms with Crippen LogP contribution in [0.5, 0.6) is 0 Å². The zero-order valence-electron chi connectivity index (χ0n) is 8.18. The summed E-state index contributed by atoms with van der Waals surface area (Å²) in [5, 5.41) is 3.20. The maximum absolute atomic E-state index is 5.28. The number of hydrogen-bond acceptors (Lipinski definition) is 3. The van der Waals surface area contributed by atoms with E-state index < -0.39 is 0 Å². The second-order valence-corrected chi connectivity index (χ2v) is 3.58. The first-order valence-corrected chi connectivity index (χ1v) is 4.77. The standard InChI is InChI=1S/C9H20N2O/c1-9(7-10-2)8-11-3-5-12-6-4-11/h9-10H,3-8H2,1-2H3. The fraction of sp³-hybridized carbons (Fsp3) is 1.00. The molecular formula is C9H20N2O.